The smallest absolute Gasteiger partial charge is 0.256 e. The molecule has 0 radical (unpaired) electrons. The lowest BCUT2D eigenvalue weighted by atomic mass is 10.1. The molecule has 6 nitrogen and oxygen atoms in total. The summed E-state index contributed by atoms with van der Waals surface area (Å²) in [4.78, 5) is 12.0. The Hall–Kier alpha value is -1.36. The Labute approximate surface area is 131 Å². The first-order valence-electron chi connectivity index (χ1n) is 7.21. The number of hydrogen-bond acceptors (Lipinski definition) is 5. The molecule has 0 aromatic heterocycles. The number of methoxy groups -OCH3 is 1. The third kappa shape index (κ3) is 4.32. The molecule has 22 heavy (non-hydrogen) atoms. The summed E-state index contributed by atoms with van der Waals surface area (Å²) in [5, 5.41) is 9.42. The lowest BCUT2D eigenvalue weighted by molar-refractivity contribution is -0.129. The van der Waals surface area contributed by atoms with Crippen LogP contribution < -0.4 is 15.5 Å². The van der Waals surface area contributed by atoms with Crippen molar-refractivity contribution in [1.29, 1.82) is 0 Å². The first-order valence-corrected chi connectivity index (χ1v) is 8.91. The van der Waals surface area contributed by atoms with Crippen molar-refractivity contribution >= 4 is 18.6 Å². The van der Waals surface area contributed by atoms with E-state index in [1.807, 2.05) is 13.8 Å². The maximum atomic E-state index is 13.4. The zero-order valence-corrected chi connectivity index (χ0v) is 14.3. The number of benzene rings is 1. The van der Waals surface area contributed by atoms with Crippen molar-refractivity contribution in [3.63, 3.8) is 0 Å². The molecule has 2 N–H and O–H groups in total. The van der Waals surface area contributed by atoms with Gasteiger partial charge in [-0.05, 0) is 43.5 Å². The van der Waals surface area contributed by atoms with Crippen molar-refractivity contribution in [2.24, 2.45) is 5.92 Å². The fraction of sp³-hybridized carbons (Fsp3) is 0.533. The van der Waals surface area contributed by atoms with Gasteiger partial charge in [0.05, 0.1) is 13.7 Å². The average molecular weight is 329 g/mol. The van der Waals surface area contributed by atoms with Crippen LogP contribution in [-0.2, 0) is 13.9 Å². The van der Waals surface area contributed by atoms with E-state index in [0.717, 1.165) is 0 Å². The van der Waals surface area contributed by atoms with Gasteiger partial charge in [-0.25, -0.2) is 5.48 Å². The third-order valence-electron chi connectivity index (χ3n) is 3.27. The fourth-order valence-corrected chi connectivity index (χ4v) is 4.95. The van der Waals surface area contributed by atoms with E-state index in [2.05, 4.69) is 0 Å². The van der Waals surface area contributed by atoms with Gasteiger partial charge in [0.1, 0.15) is 11.4 Å². The van der Waals surface area contributed by atoms with Gasteiger partial charge < -0.3 is 9.26 Å². The first kappa shape index (κ1) is 18.7. The van der Waals surface area contributed by atoms with Crippen LogP contribution in [0, 0.1) is 5.92 Å². The van der Waals surface area contributed by atoms with Crippen molar-refractivity contribution in [3.8, 4) is 5.75 Å². The predicted octanol–water partition coefficient (Wildman–Crippen LogP) is 2.56. The lowest BCUT2D eigenvalue weighted by Gasteiger charge is -2.27. The number of hydrogen-bond donors (Lipinski definition) is 2. The molecule has 0 bridgehead atoms. The Morgan fingerprint density at radius 1 is 1.32 bits per heavy atom. The van der Waals surface area contributed by atoms with Crippen LogP contribution in [0.1, 0.15) is 27.2 Å². The topological polar surface area (TPSA) is 84.9 Å². The molecular weight excluding hydrogens is 305 g/mol. The number of carbonyl (C=O) groups excluding carboxylic acids is 1. The summed E-state index contributed by atoms with van der Waals surface area (Å²) in [6.07, 6.45) is 0.343. The van der Waals surface area contributed by atoms with Crippen molar-refractivity contribution < 1.29 is 23.8 Å². The maximum absolute atomic E-state index is 13.4. The van der Waals surface area contributed by atoms with Gasteiger partial charge in [0.15, 0.2) is 0 Å². The van der Waals surface area contributed by atoms with Crippen LogP contribution in [0.3, 0.4) is 0 Å². The highest BCUT2D eigenvalue weighted by molar-refractivity contribution is 7.68. The Balaban J connectivity index is 3.29. The van der Waals surface area contributed by atoms with Crippen LogP contribution in [0.5, 0.6) is 5.75 Å². The minimum atomic E-state index is -3.47. The van der Waals surface area contributed by atoms with Gasteiger partial charge in [-0.1, -0.05) is 13.8 Å². The number of amides is 1. The van der Waals surface area contributed by atoms with Gasteiger partial charge in [-0.2, -0.15) is 0 Å². The molecule has 0 spiro atoms. The second-order valence-corrected chi connectivity index (χ2v) is 7.93. The van der Waals surface area contributed by atoms with Gasteiger partial charge in [-0.3, -0.25) is 14.6 Å². The van der Waals surface area contributed by atoms with Crippen molar-refractivity contribution in [2.45, 2.75) is 32.9 Å². The van der Waals surface area contributed by atoms with Crippen LogP contribution in [0.15, 0.2) is 24.3 Å². The molecule has 1 aromatic rings. The van der Waals surface area contributed by atoms with E-state index in [-0.39, 0.29) is 12.5 Å². The second-order valence-electron chi connectivity index (χ2n) is 5.33. The Kier molecular flexibility index (Phi) is 7.07. The van der Waals surface area contributed by atoms with Gasteiger partial charge in [0.25, 0.3) is 5.91 Å². The highest BCUT2D eigenvalue weighted by Gasteiger charge is 2.41. The van der Waals surface area contributed by atoms with Crippen LogP contribution >= 0.6 is 7.37 Å². The molecule has 0 aliphatic carbocycles. The molecule has 7 heteroatoms. The van der Waals surface area contributed by atoms with E-state index in [1.54, 1.807) is 36.7 Å². The summed E-state index contributed by atoms with van der Waals surface area (Å²) in [7, 11) is -1.93. The van der Waals surface area contributed by atoms with Crippen LogP contribution in [-0.4, -0.2) is 30.5 Å². The number of rotatable bonds is 8. The molecule has 1 rings (SSSR count). The van der Waals surface area contributed by atoms with E-state index in [4.69, 9.17) is 14.5 Å². The van der Waals surface area contributed by atoms with Gasteiger partial charge in [0.2, 0.25) is 7.37 Å². The summed E-state index contributed by atoms with van der Waals surface area (Å²) in [6.45, 7) is 5.76. The van der Waals surface area contributed by atoms with Crippen molar-refractivity contribution in [2.75, 3.05) is 13.7 Å². The summed E-state index contributed by atoms with van der Waals surface area (Å²) in [5.74, 6) is 0.0504. The molecular formula is C15H24NO5P. The molecule has 0 fully saturated rings. The molecule has 0 aliphatic heterocycles. The van der Waals surface area contributed by atoms with E-state index < -0.39 is 18.9 Å². The first-order chi connectivity index (χ1) is 10.4. The molecule has 1 amide bonds. The van der Waals surface area contributed by atoms with Crippen LogP contribution in [0.2, 0.25) is 0 Å². The van der Waals surface area contributed by atoms with Gasteiger partial charge >= 0.3 is 0 Å². The molecule has 124 valence electrons. The van der Waals surface area contributed by atoms with E-state index in [9.17, 15) is 9.36 Å². The molecule has 1 aromatic carbocycles. The summed E-state index contributed by atoms with van der Waals surface area (Å²) in [5.41, 5.74) is 0.672. The monoisotopic (exact) mass is 329 g/mol. The molecule has 1 unspecified atom stereocenters. The minimum absolute atomic E-state index is 0.120. The van der Waals surface area contributed by atoms with Gasteiger partial charge in [-0.15, -0.1) is 0 Å². The predicted molar refractivity (Wildman–Crippen MR) is 85.0 cm³/mol. The second kappa shape index (κ2) is 8.32. The molecule has 0 saturated heterocycles. The van der Waals surface area contributed by atoms with Crippen LogP contribution in [0.25, 0.3) is 0 Å². The van der Waals surface area contributed by atoms with Gasteiger partial charge in [0, 0.05) is 5.30 Å². The number of ether oxygens (including phenoxy) is 1. The quantitative estimate of drug-likeness (QED) is 0.435. The normalized spacial score (nSPS) is 15.2. The van der Waals surface area contributed by atoms with E-state index >= 15 is 0 Å². The SMILES string of the molecule is CCOP(=O)(c1ccc(OC)cc1)[C@H](CC(C)C)C(=O)NO. The lowest BCUT2D eigenvalue weighted by Crippen LogP contribution is -2.36. The average Bonchev–Trinajstić information content (AvgIpc) is 2.51. The minimum Gasteiger partial charge on any atom is -0.497 e. The summed E-state index contributed by atoms with van der Waals surface area (Å²) >= 11 is 0. The molecule has 0 aliphatic rings. The Morgan fingerprint density at radius 3 is 2.32 bits per heavy atom. The van der Waals surface area contributed by atoms with E-state index in [1.165, 1.54) is 7.11 Å². The molecule has 0 saturated carbocycles. The number of hydroxylamine groups is 1. The third-order valence-corrected chi connectivity index (χ3v) is 6.20. The fourth-order valence-electron chi connectivity index (χ4n) is 2.25. The zero-order chi connectivity index (χ0) is 16.8. The zero-order valence-electron chi connectivity index (χ0n) is 13.4. The standard InChI is InChI=1S/C15H24NO5P/c1-5-21-22(19,13-8-6-12(20-4)7-9-13)14(10-11(2)3)15(17)16-18/h6-9,11,14,18H,5,10H2,1-4H3,(H,16,17)/t14-,22?/m1/s1. The largest absolute Gasteiger partial charge is 0.497 e. The maximum Gasteiger partial charge on any atom is 0.256 e. The van der Waals surface area contributed by atoms with Crippen LogP contribution in [0.4, 0.5) is 0 Å². The highest BCUT2D eigenvalue weighted by atomic mass is 31.2. The summed E-state index contributed by atoms with van der Waals surface area (Å²) in [6, 6.07) is 6.61. The molecule has 0 heterocycles. The van der Waals surface area contributed by atoms with Crippen molar-refractivity contribution in [3.05, 3.63) is 24.3 Å². The summed E-state index contributed by atoms with van der Waals surface area (Å²) < 4.78 is 24.0. The van der Waals surface area contributed by atoms with E-state index in [0.29, 0.717) is 17.5 Å². The number of carbonyl (C=O) groups is 1. The van der Waals surface area contributed by atoms with Crippen molar-refractivity contribution in [1.82, 2.24) is 5.48 Å². The Morgan fingerprint density at radius 2 is 1.91 bits per heavy atom. The number of nitrogens with one attached hydrogen (secondary N) is 1. The Bertz CT molecular complexity index is 529. The highest BCUT2D eigenvalue weighted by Crippen LogP contribution is 2.53. The molecule has 2 atom stereocenters.